The lowest BCUT2D eigenvalue weighted by Crippen LogP contribution is -2.30. The number of fused-ring (bicyclic) bond motifs is 1. The van der Waals surface area contributed by atoms with Gasteiger partial charge in [0.2, 0.25) is 5.95 Å². The Morgan fingerprint density at radius 1 is 1.11 bits per heavy atom. The monoisotopic (exact) mass is 383 g/mol. The molecule has 2 heterocycles. The quantitative estimate of drug-likeness (QED) is 0.482. The zero-order valence-electron chi connectivity index (χ0n) is 15.0. The molecule has 2 rings (SSSR count). The van der Waals surface area contributed by atoms with Gasteiger partial charge in [-0.15, -0.1) is 0 Å². The standard InChI is InChI=1S/C15H21N5O7/c1-23-6-12(21)25-4-10(5-26-13(22)7-24-2)27-9-20-8-18-14-11(20)3-17-15(16)19-14/h3,8,10H,4-7,9H2,1-2H3,(H2,16,17,19). The summed E-state index contributed by atoms with van der Waals surface area (Å²) in [5.41, 5.74) is 6.54. The number of nitrogen functional groups attached to an aromatic ring is 1. The molecule has 0 bridgehead atoms. The fourth-order valence-electron chi connectivity index (χ4n) is 1.99. The number of nitrogens with zero attached hydrogens (tertiary/aromatic N) is 4. The molecule has 0 amide bonds. The van der Waals surface area contributed by atoms with Gasteiger partial charge >= 0.3 is 11.9 Å². The number of anilines is 1. The molecule has 0 unspecified atom stereocenters. The molecular weight excluding hydrogens is 362 g/mol. The number of ether oxygens (including phenoxy) is 5. The summed E-state index contributed by atoms with van der Waals surface area (Å²) in [6.07, 6.45) is 2.31. The van der Waals surface area contributed by atoms with Gasteiger partial charge in [-0.2, -0.15) is 4.98 Å². The molecule has 0 aliphatic carbocycles. The first-order valence-electron chi connectivity index (χ1n) is 7.87. The zero-order valence-corrected chi connectivity index (χ0v) is 15.0. The summed E-state index contributed by atoms with van der Waals surface area (Å²) >= 11 is 0. The highest BCUT2D eigenvalue weighted by Crippen LogP contribution is 2.11. The van der Waals surface area contributed by atoms with Gasteiger partial charge in [0, 0.05) is 14.2 Å². The van der Waals surface area contributed by atoms with E-state index in [4.69, 9.17) is 19.9 Å². The van der Waals surface area contributed by atoms with E-state index < -0.39 is 18.0 Å². The maximum Gasteiger partial charge on any atom is 0.332 e. The SMILES string of the molecule is COCC(=O)OCC(COC(=O)COC)OCn1cnc2nc(N)ncc21. The van der Waals surface area contributed by atoms with Gasteiger partial charge in [-0.05, 0) is 0 Å². The smallest absolute Gasteiger partial charge is 0.332 e. The molecular formula is C15H21N5O7. The summed E-state index contributed by atoms with van der Waals surface area (Å²) in [6.45, 7) is -0.600. The highest BCUT2D eigenvalue weighted by molar-refractivity contribution is 5.71. The summed E-state index contributed by atoms with van der Waals surface area (Å²) in [6, 6.07) is 0. The maximum atomic E-state index is 11.5. The van der Waals surface area contributed by atoms with Gasteiger partial charge in [-0.25, -0.2) is 19.6 Å². The van der Waals surface area contributed by atoms with Gasteiger partial charge in [-0.1, -0.05) is 0 Å². The fourth-order valence-corrected chi connectivity index (χ4v) is 1.99. The molecule has 0 fully saturated rings. The van der Waals surface area contributed by atoms with E-state index in [0.717, 1.165) is 0 Å². The lowest BCUT2D eigenvalue weighted by molar-refractivity contribution is -0.161. The van der Waals surface area contributed by atoms with Crippen LogP contribution in [0.4, 0.5) is 5.95 Å². The lowest BCUT2D eigenvalue weighted by atomic mass is 10.4. The van der Waals surface area contributed by atoms with Crippen molar-refractivity contribution in [2.24, 2.45) is 0 Å². The van der Waals surface area contributed by atoms with Gasteiger partial charge in [0.15, 0.2) is 5.65 Å². The van der Waals surface area contributed by atoms with Crippen LogP contribution in [-0.4, -0.2) is 78.2 Å². The van der Waals surface area contributed by atoms with Crippen molar-refractivity contribution in [2.75, 3.05) is 46.4 Å². The predicted molar refractivity (Wildman–Crippen MR) is 90.3 cm³/mol. The number of esters is 2. The molecule has 12 heteroatoms. The minimum atomic E-state index is -0.709. The average Bonchev–Trinajstić information content (AvgIpc) is 3.03. The van der Waals surface area contributed by atoms with Gasteiger partial charge in [0.25, 0.3) is 0 Å². The topological polar surface area (TPSA) is 150 Å². The minimum Gasteiger partial charge on any atom is -0.461 e. The van der Waals surface area contributed by atoms with Crippen molar-refractivity contribution in [3.63, 3.8) is 0 Å². The van der Waals surface area contributed by atoms with Crippen molar-refractivity contribution in [1.82, 2.24) is 19.5 Å². The Balaban J connectivity index is 1.96. The van der Waals surface area contributed by atoms with E-state index in [-0.39, 0.29) is 39.1 Å². The number of imidazole rings is 1. The van der Waals surface area contributed by atoms with Crippen molar-refractivity contribution >= 4 is 29.1 Å². The second-order valence-corrected chi connectivity index (χ2v) is 5.30. The first-order valence-corrected chi connectivity index (χ1v) is 7.87. The Bertz CT molecular complexity index is 744. The predicted octanol–water partition coefficient (Wildman–Crippen LogP) is -0.870. The van der Waals surface area contributed by atoms with Crippen LogP contribution in [0.3, 0.4) is 0 Å². The molecule has 0 saturated carbocycles. The molecule has 2 aromatic heterocycles. The molecule has 0 aliphatic rings. The van der Waals surface area contributed by atoms with Crippen LogP contribution in [0.2, 0.25) is 0 Å². The van der Waals surface area contributed by atoms with Crippen LogP contribution in [0.1, 0.15) is 0 Å². The number of methoxy groups -OCH3 is 2. The Labute approximate surface area is 154 Å². The molecule has 0 spiro atoms. The van der Waals surface area contributed by atoms with Gasteiger partial charge in [0.1, 0.15) is 44.8 Å². The van der Waals surface area contributed by atoms with Crippen LogP contribution in [0.25, 0.3) is 11.2 Å². The van der Waals surface area contributed by atoms with E-state index in [1.165, 1.54) is 26.7 Å². The highest BCUT2D eigenvalue weighted by atomic mass is 16.6. The normalized spacial score (nSPS) is 11.1. The minimum absolute atomic E-state index is 0.0398. The third-order valence-corrected chi connectivity index (χ3v) is 3.23. The van der Waals surface area contributed by atoms with Crippen molar-refractivity contribution in [3.8, 4) is 0 Å². The van der Waals surface area contributed by atoms with Crippen molar-refractivity contribution < 1.29 is 33.3 Å². The molecule has 12 nitrogen and oxygen atoms in total. The molecule has 0 radical (unpaired) electrons. The summed E-state index contributed by atoms with van der Waals surface area (Å²) < 4.78 is 26.8. The van der Waals surface area contributed by atoms with E-state index in [9.17, 15) is 9.59 Å². The molecule has 2 N–H and O–H groups in total. The molecule has 0 saturated heterocycles. The van der Waals surface area contributed by atoms with Crippen molar-refractivity contribution in [2.45, 2.75) is 12.8 Å². The van der Waals surface area contributed by atoms with E-state index in [0.29, 0.717) is 11.2 Å². The zero-order chi connectivity index (χ0) is 19.6. The van der Waals surface area contributed by atoms with Crippen molar-refractivity contribution in [3.05, 3.63) is 12.5 Å². The molecule has 0 aliphatic heterocycles. The van der Waals surface area contributed by atoms with E-state index in [1.807, 2.05) is 0 Å². The van der Waals surface area contributed by atoms with Crippen LogP contribution >= 0.6 is 0 Å². The largest absolute Gasteiger partial charge is 0.461 e. The molecule has 0 atom stereocenters. The number of hydrogen-bond acceptors (Lipinski definition) is 11. The fraction of sp³-hybridized carbons (Fsp3) is 0.533. The Kier molecular flexibility index (Phi) is 7.85. The van der Waals surface area contributed by atoms with E-state index in [1.54, 1.807) is 4.57 Å². The summed E-state index contributed by atoms with van der Waals surface area (Å²) in [7, 11) is 2.75. The van der Waals surface area contributed by atoms with Crippen molar-refractivity contribution in [1.29, 1.82) is 0 Å². The number of nitrogens with two attached hydrogens (primary N) is 1. The lowest BCUT2D eigenvalue weighted by Gasteiger charge is -2.18. The second-order valence-electron chi connectivity index (χ2n) is 5.30. The summed E-state index contributed by atoms with van der Waals surface area (Å²) in [4.78, 5) is 34.9. The Morgan fingerprint density at radius 2 is 1.74 bits per heavy atom. The average molecular weight is 383 g/mol. The third kappa shape index (κ3) is 6.44. The summed E-state index contributed by atoms with van der Waals surface area (Å²) in [5.74, 6) is -1.01. The number of hydrogen-bond donors (Lipinski definition) is 1. The van der Waals surface area contributed by atoms with Gasteiger partial charge < -0.3 is 34.0 Å². The van der Waals surface area contributed by atoms with E-state index in [2.05, 4.69) is 24.4 Å². The molecule has 27 heavy (non-hydrogen) atoms. The second kappa shape index (κ2) is 10.4. The molecule has 148 valence electrons. The first-order chi connectivity index (χ1) is 13.0. The van der Waals surface area contributed by atoms with Crippen LogP contribution in [0.5, 0.6) is 0 Å². The van der Waals surface area contributed by atoms with E-state index >= 15 is 0 Å². The number of rotatable bonds is 11. The Hall–Kier alpha value is -2.83. The van der Waals surface area contributed by atoms with Crippen LogP contribution in [0.15, 0.2) is 12.5 Å². The number of aromatic nitrogens is 4. The van der Waals surface area contributed by atoms with Crippen LogP contribution in [-0.2, 0) is 40.0 Å². The molecule has 2 aromatic rings. The number of carbonyl (C=O) groups excluding carboxylic acids is 2. The molecule has 0 aromatic carbocycles. The van der Waals surface area contributed by atoms with Gasteiger partial charge in [-0.3, -0.25) is 0 Å². The van der Waals surface area contributed by atoms with Crippen LogP contribution in [0, 0.1) is 0 Å². The van der Waals surface area contributed by atoms with Gasteiger partial charge in [0.05, 0.1) is 12.5 Å². The third-order valence-electron chi connectivity index (χ3n) is 3.23. The highest BCUT2D eigenvalue weighted by Gasteiger charge is 2.17. The summed E-state index contributed by atoms with van der Waals surface area (Å²) in [5, 5.41) is 0. The maximum absolute atomic E-state index is 11.5. The van der Waals surface area contributed by atoms with Crippen LogP contribution < -0.4 is 5.73 Å². The Morgan fingerprint density at radius 3 is 2.33 bits per heavy atom. The number of carbonyl (C=O) groups is 2. The first kappa shape index (κ1) is 20.5.